The SMILES string of the molecule is C#CCOc1ccc(Cl)cc1CNC1CCCC1. The summed E-state index contributed by atoms with van der Waals surface area (Å²) in [6.45, 7) is 1.07. The van der Waals surface area contributed by atoms with Crippen molar-refractivity contribution in [2.24, 2.45) is 0 Å². The maximum absolute atomic E-state index is 6.02. The van der Waals surface area contributed by atoms with E-state index in [1.54, 1.807) is 0 Å². The molecule has 2 rings (SSSR count). The topological polar surface area (TPSA) is 21.3 Å². The van der Waals surface area contributed by atoms with Gasteiger partial charge < -0.3 is 10.1 Å². The second-order valence-electron chi connectivity index (χ2n) is 4.61. The molecule has 0 heterocycles. The molecule has 0 radical (unpaired) electrons. The van der Waals surface area contributed by atoms with E-state index in [2.05, 4.69) is 11.2 Å². The number of hydrogen-bond acceptors (Lipinski definition) is 2. The highest BCUT2D eigenvalue weighted by Gasteiger charge is 2.15. The molecule has 1 saturated carbocycles. The van der Waals surface area contributed by atoms with E-state index < -0.39 is 0 Å². The molecule has 0 amide bonds. The summed E-state index contributed by atoms with van der Waals surface area (Å²) in [5.41, 5.74) is 1.07. The molecule has 0 aromatic heterocycles. The molecular formula is C15H18ClNO. The molecule has 0 spiro atoms. The molecule has 1 N–H and O–H groups in total. The average molecular weight is 264 g/mol. The normalized spacial score (nSPS) is 15.6. The third-order valence-corrected chi connectivity index (χ3v) is 3.50. The monoisotopic (exact) mass is 263 g/mol. The van der Waals surface area contributed by atoms with Crippen molar-refractivity contribution in [2.45, 2.75) is 38.3 Å². The van der Waals surface area contributed by atoms with E-state index in [4.69, 9.17) is 22.8 Å². The zero-order valence-electron chi connectivity index (χ0n) is 10.4. The van der Waals surface area contributed by atoms with Gasteiger partial charge in [-0.15, -0.1) is 6.42 Å². The van der Waals surface area contributed by atoms with Crippen LogP contribution in [0, 0.1) is 12.3 Å². The van der Waals surface area contributed by atoms with Crippen LogP contribution in [0.25, 0.3) is 0 Å². The molecule has 1 fully saturated rings. The van der Waals surface area contributed by atoms with Crippen molar-refractivity contribution in [2.75, 3.05) is 6.61 Å². The Hall–Kier alpha value is -1.17. The molecule has 1 aromatic rings. The second kappa shape index (κ2) is 6.68. The Balaban J connectivity index is 1.99. The van der Waals surface area contributed by atoms with E-state index in [0.717, 1.165) is 22.9 Å². The van der Waals surface area contributed by atoms with E-state index in [-0.39, 0.29) is 6.61 Å². The van der Waals surface area contributed by atoms with Crippen LogP contribution in [0.3, 0.4) is 0 Å². The summed E-state index contributed by atoms with van der Waals surface area (Å²) in [5.74, 6) is 3.30. The van der Waals surface area contributed by atoms with Gasteiger partial charge >= 0.3 is 0 Å². The number of terminal acetylenes is 1. The van der Waals surface area contributed by atoms with Gasteiger partial charge in [-0.05, 0) is 31.0 Å². The fourth-order valence-corrected chi connectivity index (χ4v) is 2.53. The van der Waals surface area contributed by atoms with Gasteiger partial charge in [-0.25, -0.2) is 0 Å². The van der Waals surface area contributed by atoms with Gasteiger partial charge in [0.2, 0.25) is 0 Å². The van der Waals surface area contributed by atoms with Crippen molar-refractivity contribution < 1.29 is 4.74 Å². The van der Waals surface area contributed by atoms with Crippen LogP contribution < -0.4 is 10.1 Å². The Morgan fingerprint density at radius 2 is 2.17 bits per heavy atom. The minimum absolute atomic E-state index is 0.290. The second-order valence-corrected chi connectivity index (χ2v) is 5.04. The maximum atomic E-state index is 6.02. The van der Waals surface area contributed by atoms with Crippen LogP contribution in [-0.4, -0.2) is 12.6 Å². The molecule has 1 aliphatic rings. The van der Waals surface area contributed by atoms with Crippen molar-refractivity contribution in [3.63, 3.8) is 0 Å². The molecule has 0 bridgehead atoms. The van der Waals surface area contributed by atoms with E-state index in [1.807, 2.05) is 18.2 Å². The van der Waals surface area contributed by atoms with Crippen LogP contribution in [0.4, 0.5) is 0 Å². The number of rotatable bonds is 5. The Bertz CT molecular complexity index is 433. The summed E-state index contributed by atoms with van der Waals surface area (Å²) < 4.78 is 5.52. The van der Waals surface area contributed by atoms with Gasteiger partial charge in [0, 0.05) is 23.2 Å². The smallest absolute Gasteiger partial charge is 0.148 e. The lowest BCUT2D eigenvalue weighted by molar-refractivity contribution is 0.363. The first-order valence-corrected chi connectivity index (χ1v) is 6.75. The van der Waals surface area contributed by atoms with Gasteiger partial charge in [-0.2, -0.15) is 0 Å². The Kier molecular flexibility index (Phi) is 4.92. The van der Waals surface area contributed by atoms with E-state index in [0.29, 0.717) is 6.04 Å². The van der Waals surface area contributed by atoms with Gasteiger partial charge in [-0.1, -0.05) is 30.4 Å². The largest absolute Gasteiger partial charge is 0.481 e. The molecule has 3 heteroatoms. The van der Waals surface area contributed by atoms with Crippen LogP contribution in [0.1, 0.15) is 31.2 Å². The van der Waals surface area contributed by atoms with Crippen molar-refractivity contribution in [1.29, 1.82) is 0 Å². The minimum Gasteiger partial charge on any atom is -0.481 e. The highest BCUT2D eigenvalue weighted by molar-refractivity contribution is 6.30. The minimum atomic E-state index is 0.290. The molecule has 0 saturated heterocycles. The van der Waals surface area contributed by atoms with Crippen molar-refractivity contribution in [3.05, 3.63) is 28.8 Å². The van der Waals surface area contributed by atoms with Gasteiger partial charge in [-0.3, -0.25) is 0 Å². The molecule has 1 aliphatic carbocycles. The molecular weight excluding hydrogens is 246 g/mol. The highest BCUT2D eigenvalue weighted by atomic mass is 35.5. The van der Waals surface area contributed by atoms with Crippen molar-refractivity contribution >= 4 is 11.6 Å². The molecule has 0 aliphatic heterocycles. The fraction of sp³-hybridized carbons (Fsp3) is 0.467. The fourth-order valence-electron chi connectivity index (χ4n) is 2.33. The van der Waals surface area contributed by atoms with Crippen LogP contribution in [0.2, 0.25) is 5.02 Å². The highest BCUT2D eigenvalue weighted by Crippen LogP contribution is 2.24. The first-order valence-electron chi connectivity index (χ1n) is 6.37. The van der Waals surface area contributed by atoms with Crippen molar-refractivity contribution in [3.8, 4) is 18.1 Å². The predicted octanol–water partition coefficient (Wildman–Crippen LogP) is 3.38. The lowest BCUT2D eigenvalue weighted by Gasteiger charge is -2.14. The van der Waals surface area contributed by atoms with E-state index in [1.165, 1.54) is 25.7 Å². The van der Waals surface area contributed by atoms with Crippen LogP contribution in [-0.2, 0) is 6.54 Å². The Labute approximate surface area is 114 Å². The number of hydrogen-bond donors (Lipinski definition) is 1. The van der Waals surface area contributed by atoms with Gasteiger partial charge in [0.25, 0.3) is 0 Å². The number of benzene rings is 1. The third kappa shape index (κ3) is 3.66. The zero-order chi connectivity index (χ0) is 12.8. The Morgan fingerprint density at radius 1 is 1.39 bits per heavy atom. The van der Waals surface area contributed by atoms with Crippen LogP contribution in [0.5, 0.6) is 5.75 Å². The Morgan fingerprint density at radius 3 is 2.89 bits per heavy atom. The quantitative estimate of drug-likeness (QED) is 0.823. The van der Waals surface area contributed by atoms with Crippen LogP contribution in [0.15, 0.2) is 18.2 Å². The molecule has 18 heavy (non-hydrogen) atoms. The number of nitrogens with one attached hydrogen (secondary N) is 1. The molecule has 2 nitrogen and oxygen atoms in total. The first-order chi connectivity index (χ1) is 8.79. The zero-order valence-corrected chi connectivity index (χ0v) is 11.2. The average Bonchev–Trinajstić information content (AvgIpc) is 2.88. The summed E-state index contributed by atoms with van der Waals surface area (Å²) in [5, 5.41) is 4.28. The maximum Gasteiger partial charge on any atom is 0.148 e. The predicted molar refractivity (Wildman–Crippen MR) is 74.9 cm³/mol. The summed E-state index contributed by atoms with van der Waals surface area (Å²) in [6.07, 6.45) is 10.4. The number of ether oxygens (including phenoxy) is 1. The van der Waals surface area contributed by atoms with Gasteiger partial charge in [0.15, 0.2) is 0 Å². The van der Waals surface area contributed by atoms with Crippen molar-refractivity contribution in [1.82, 2.24) is 5.32 Å². The first kappa shape index (κ1) is 13.3. The van der Waals surface area contributed by atoms with Gasteiger partial charge in [0.05, 0.1) is 0 Å². The molecule has 1 aromatic carbocycles. The van der Waals surface area contributed by atoms with E-state index in [9.17, 15) is 0 Å². The summed E-state index contributed by atoms with van der Waals surface area (Å²) >= 11 is 6.02. The molecule has 0 unspecified atom stereocenters. The molecule has 96 valence electrons. The lowest BCUT2D eigenvalue weighted by atomic mass is 10.1. The summed E-state index contributed by atoms with van der Waals surface area (Å²) in [4.78, 5) is 0. The summed E-state index contributed by atoms with van der Waals surface area (Å²) in [6, 6.07) is 6.28. The van der Waals surface area contributed by atoms with Crippen LogP contribution >= 0.6 is 11.6 Å². The summed E-state index contributed by atoms with van der Waals surface area (Å²) in [7, 11) is 0. The van der Waals surface area contributed by atoms with Gasteiger partial charge in [0.1, 0.15) is 12.4 Å². The third-order valence-electron chi connectivity index (χ3n) is 3.27. The van der Waals surface area contributed by atoms with E-state index >= 15 is 0 Å². The number of halogens is 1. The standard InChI is InChI=1S/C15H18ClNO/c1-2-9-18-15-8-7-13(16)10-12(15)11-17-14-5-3-4-6-14/h1,7-8,10,14,17H,3-6,9,11H2. The lowest BCUT2D eigenvalue weighted by Crippen LogP contribution is -2.25. The molecule has 0 atom stereocenters.